The molecule has 0 aliphatic heterocycles. The number of hydrogen-bond acceptors (Lipinski definition) is 3. The Morgan fingerprint density at radius 2 is 1.80 bits per heavy atom. The molecule has 0 spiro atoms. The molecule has 0 heterocycles. The van der Waals surface area contributed by atoms with Gasteiger partial charge in [-0.25, -0.2) is 4.79 Å². The van der Waals surface area contributed by atoms with Crippen molar-refractivity contribution in [3.05, 3.63) is 51.6 Å². The first-order valence-corrected chi connectivity index (χ1v) is 8.80. The van der Waals surface area contributed by atoms with E-state index in [1.54, 1.807) is 31.4 Å². The molecule has 2 aromatic carbocycles. The lowest BCUT2D eigenvalue weighted by Crippen LogP contribution is -2.31. The number of halogens is 1. The summed E-state index contributed by atoms with van der Waals surface area (Å²) in [6.07, 6.45) is 0.196. The second-order valence-electron chi connectivity index (χ2n) is 5.37. The Balaban J connectivity index is 1.73. The number of anilines is 2. The maximum atomic E-state index is 12.0. The van der Waals surface area contributed by atoms with Gasteiger partial charge < -0.3 is 20.7 Å². The fraction of sp³-hybridized carbons (Fsp3) is 0.222. The predicted octanol–water partition coefficient (Wildman–Crippen LogP) is 3.76. The van der Waals surface area contributed by atoms with Gasteiger partial charge in [0.05, 0.1) is 7.11 Å². The van der Waals surface area contributed by atoms with Gasteiger partial charge in [-0.1, -0.05) is 0 Å². The number of carbonyl (C=O) groups excluding carboxylic acids is 2. The summed E-state index contributed by atoms with van der Waals surface area (Å²) in [5.74, 6) is 0.572. The largest absolute Gasteiger partial charge is 0.497 e. The summed E-state index contributed by atoms with van der Waals surface area (Å²) in [6.45, 7) is 2.19. The summed E-state index contributed by atoms with van der Waals surface area (Å²) in [4.78, 5) is 23.8. The maximum Gasteiger partial charge on any atom is 0.319 e. The highest BCUT2D eigenvalue weighted by Gasteiger charge is 2.07. The molecule has 132 valence electrons. The first kappa shape index (κ1) is 19.0. The van der Waals surface area contributed by atoms with Gasteiger partial charge in [0.25, 0.3) is 0 Å². The van der Waals surface area contributed by atoms with Crippen LogP contribution >= 0.6 is 22.6 Å². The molecule has 2 aromatic rings. The molecule has 0 saturated heterocycles. The van der Waals surface area contributed by atoms with Gasteiger partial charge in [-0.3, -0.25) is 4.79 Å². The van der Waals surface area contributed by atoms with Crippen molar-refractivity contribution in [1.29, 1.82) is 0 Å². The second-order valence-corrected chi connectivity index (χ2v) is 6.61. The van der Waals surface area contributed by atoms with E-state index in [9.17, 15) is 9.59 Å². The normalized spacial score (nSPS) is 10.0. The molecule has 7 heteroatoms. The van der Waals surface area contributed by atoms with Gasteiger partial charge in [-0.15, -0.1) is 0 Å². The number of aryl methyl sites for hydroxylation is 1. The van der Waals surface area contributed by atoms with Gasteiger partial charge >= 0.3 is 6.03 Å². The first-order valence-electron chi connectivity index (χ1n) is 7.73. The highest BCUT2D eigenvalue weighted by Crippen LogP contribution is 2.18. The average molecular weight is 453 g/mol. The van der Waals surface area contributed by atoms with Crippen LogP contribution in [-0.2, 0) is 4.79 Å². The third-order valence-corrected chi connectivity index (χ3v) is 4.12. The fourth-order valence-electron chi connectivity index (χ4n) is 2.12. The van der Waals surface area contributed by atoms with Crippen molar-refractivity contribution < 1.29 is 14.3 Å². The highest BCUT2D eigenvalue weighted by atomic mass is 127. The summed E-state index contributed by atoms with van der Waals surface area (Å²) in [7, 11) is 1.58. The van der Waals surface area contributed by atoms with E-state index in [1.807, 2.05) is 25.1 Å². The zero-order chi connectivity index (χ0) is 18.2. The van der Waals surface area contributed by atoms with E-state index in [1.165, 1.54) is 0 Å². The average Bonchev–Trinajstić information content (AvgIpc) is 2.58. The standard InChI is InChI=1S/C18H20IN3O3/c1-12-11-13(19)3-8-16(12)22-17(23)9-10-20-18(24)21-14-4-6-15(25-2)7-5-14/h3-8,11H,9-10H2,1-2H3,(H,22,23)(H2,20,21,24). The number of ether oxygens (including phenoxy) is 1. The van der Waals surface area contributed by atoms with E-state index in [0.717, 1.165) is 14.8 Å². The third-order valence-electron chi connectivity index (χ3n) is 3.45. The van der Waals surface area contributed by atoms with Crippen molar-refractivity contribution in [3.63, 3.8) is 0 Å². The lowest BCUT2D eigenvalue weighted by molar-refractivity contribution is -0.116. The Morgan fingerprint density at radius 3 is 2.44 bits per heavy atom. The molecule has 2 rings (SSSR count). The minimum Gasteiger partial charge on any atom is -0.497 e. The number of carbonyl (C=O) groups is 2. The van der Waals surface area contributed by atoms with Crippen molar-refractivity contribution in [2.75, 3.05) is 24.3 Å². The molecule has 0 aliphatic carbocycles. The minimum atomic E-state index is -0.358. The fourth-order valence-corrected chi connectivity index (χ4v) is 2.77. The SMILES string of the molecule is COc1ccc(NC(=O)NCCC(=O)Nc2ccc(I)cc2C)cc1. The zero-order valence-electron chi connectivity index (χ0n) is 14.1. The number of nitrogens with one attached hydrogen (secondary N) is 3. The quantitative estimate of drug-likeness (QED) is 0.583. The molecule has 25 heavy (non-hydrogen) atoms. The molecule has 0 unspecified atom stereocenters. The van der Waals surface area contributed by atoms with Gasteiger partial charge in [0.1, 0.15) is 5.75 Å². The monoisotopic (exact) mass is 453 g/mol. The highest BCUT2D eigenvalue weighted by molar-refractivity contribution is 14.1. The number of amides is 3. The summed E-state index contributed by atoms with van der Waals surface area (Å²) in [5, 5.41) is 8.20. The molecule has 0 aliphatic rings. The van der Waals surface area contributed by atoms with E-state index in [4.69, 9.17) is 4.74 Å². The van der Waals surface area contributed by atoms with Crippen LogP contribution in [-0.4, -0.2) is 25.6 Å². The van der Waals surface area contributed by atoms with Crippen molar-refractivity contribution in [2.45, 2.75) is 13.3 Å². The predicted molar refractivity (Wildman–Crippen MR) is 107 cm³/mol. The van der Waals surface area contributed by atoms with Crippen LogP contribution in [0.4, 0.5) is 16.2 Å². The lowest BCUT2D eigenvalue weighted by atomic mass is 10.2. The molecule has 0 fully saturated rings. The Morgan fingerprint density at radius 1 is 1.08 bits per heavy atom. The minimum absolute atomic E-state index is 0.144. The van der Waals surface area contributed by atoms with Crippen molar-refractivity contribution in [2.24, 2.45) is 0 Å². The molecule has 0 aromatic heterocycles. The Bertz CT molecular complexity index is 748. The molecule has 0 saturated carbocycles. The van der Waals surface area contributed by atoms with Crippen LogP contribution < -0.4 is 20.7 Å². The summed E-state index contributed by atoms with van der Waals surface area (Å²) in [6, 6.07) is 12.4. The van der Waals surface area contributed by atoms with Crippen LogP contribution in [0.5, 0.6) is 5.75 Å². The van der Waals surface area contributed by atoms with Gasteiger partial charge in [-0.2, -0.15) is 0 Å². The van der Waals surface area contributed by atoms with Crippen LogP contribution in [0, 0.1) is 10.5 Å². The Kier molecular flexibility index (Phi) is 7.05. The van der Waals surface area contributed by atoms with Crippen LogP contribution in [0.25, 0.3) is 0 Å². The molecular weight excluding hydrogens is 433 g/mol. The number of benzene rings is 2. The van der Waals surface area contributed by atoms with Crippen molar-refractivity contribution >= 4 is 45.9 Å². The Labute approximate surface area is 160 Å². The summed E-state index contributed by atoms with van der Waals surface area (Å²) < 4.78 is 6.17. The van der Waals surface area contributed by atoms with E-state index in [-0.39, 0.29) is 24.9 Å². The molecule has 0 atom stereocenters. The molecule has 6 nitrogen and oxygen atoms in total. The Hall–Kier alpha value is -2.29. The third kappa shape index (κ3) is 6.26. The van der Waals surface area contributed by atoms with E-state index in [2.05, 4.69) is 38.5 Å². The van der Waals surface area contributed by atoms with Gasteiger partial charge in [0.15, 0.2) is 0 Å². The smallest absolute Gasteiger partial charge is 0.319 e. The topological polar surface area (TPSA) is 79.5 Å². The second kappa shape index (κ2) is 9.26. The molecule has 3 amide bonds. The summed E-state index contributed by atoms with van der Waals surface area (Å²) >= 11 is 2.22. The summed E-state index contributed by atoms with van der Waals surface area (Å²) in [5.41, 5.74) is 2.44. The zero-order valence-corrected chi connectivity index (χ0v) is 16.2. The molecule has 3 N–H and O–H groups in total. The molecule has 0 radical (unpaired) electrons. The molecule has 0 bridgehead atoms. The van der Waals surface area contributed by atoms with Gasteiger partial charge in [-0.05, 0) is 77.5 Å². The number of hydrogen-bond donors (Lipinski definition) is 3. The van der Waals surface area contributed by atoms with Crippen LogP contribution in [0.1, 0.15) is 12.0 Å². The number of rotatable bonds is 6. The number of urea groups is 1. The van der Waals surface area contributed by atoms with Crippen LogP contribution in [0.2, 0.25) is 0 Å². The maximum absolute atomic E-state index is 12.0. The van der Waals surface area contributed by atoms with Gasteiger partial charge in [0, 0.05) is 27.9 Å². The van der Waals surface area contributed by atoms with Crippen LogP contribution in [0.3, 0.4) is 0 Å². The lowest BCUT2D eigenvalue weighted by Gasteiger charge is -2.10. The van der Waals surface area contributed by atoms with Crippen molar-refractivity contribution in [1.82, 2.24) is 5.32 Å². The van der Waals surface area contributed by atoms with E-state index < -0.39 is 0 Å². The van der Waals surface area contributed by atoms with Crippen molar-refractivity contribution in [3.8, 4) is 5.75 Å². The first-order chi connectivity index (χ1) is 12.0. The number of methoxy groups -OCH3 is 1. The van der Waals surface area contributed by atoms with E-state index >= 15 is 0 Å². The molecular formula is C18H20IN3O3. The van der Waals surface area contributed by atoms with E-state index in [0.29, 0.717) is 11.4 Å². The van der Waals surface area contributed by atoms with Crippen LogP contribution in [0.15, 0.2) is 42.5 Å². The van der Waals surface area contributed by atoms with Gasteiger partial charge in [0.2, 0.25) is 5.91 Å².